The molecule has 0 spiro atoms. The molecule has 0 saturated carbocycles. The van der Waals surface area contributed by atoms with E-state index in [4.69, 9.17) is 4.74 Å². The number of nitrogens with zero attached hydrogens (tertiary/aromatic N) is 2. The van der Waals surface area contributed by atoms with Gasteiger partial charge in [0.2, 0.25) is 0 Å². The van der Waals surface area contributed by atoms with Crippen molar-refractivity contribution < 1.29 is 14.9 Å². The molecule has 2 bridgehead atoms. The van der Waals surface area contributed by atoms with Crippen molar-refractivity contribution in [2.75, 3.05) is 0 Å². The first kappa shape index (κ1) is 16.2. The lowest BCUT2D eigenvalue weighted by Crippen LogP contribution is -2.39. The smallest absolute Gasteiger partial charge is 0.197 e. The molecule has 0 aliphatic carbocycles. The average molecular weight is 409 g/mol. The summed E-state index contributed by atoms with van der Waals surface area (Å²) in [4.78, 5) is 3.06. The molecule has 3 aromatic carbocycles. The standard InChI is InChI=1S/C25H19N3O3/c1-25-17(29)10-18(31-25)27-15-8-4-2-6-12(15)20-21-14(11-26-24(21)30)19-13-7-3-5-9-16(13)28(25)23(19)22(20)27/h2-9,11,17-18,26,29-30H,10H2,1H3/t17-,18?,25-/m0/s1. The van der Waals surface area contributed by atoms with Crippen LogP contribution in [0.2, 0.25) is 0 Å². The summed E-state index contributed by atoms with van der Waals surface area (Å²) < 4.78 is 11.1. The van der Waals surface area contributed by atoms with Gasteiger partial charge in [0.1, 0.15) is 12.3 Å². The second-order valence-electron chi connectivity index (χ2n) is 8.99. The van der Waals surface area contributed by atoms with Crippen molar-refractivity contribution in [3.63, 3.8) is 0 Å². The van der Waals surface area contributed by atoms with E-state index in [2.05, 4.69) is 38.4 Å². The lowest BCUT2D eigenvalue weighted by molar-refractivity contribution is -0.135. The first-order valence-electron chi connectivity index (χ1n) is 10.6. The lowest BCUT2D eigenvalue weighted by atomic mass is 10.0. The van der Waals surface area contributed by atoms with E-state index in [0.29, 0.717) is 6.42 Å². The van der Waals surface area contributed by atoms with Gasteiger partial charge < -0.3 is 29.1 Å². The summed E-state index contributed by atoms with van der Waals surface area (Å²) in [5.74, 6) is 0.179. The fourth-order valence-corrected chi connectivity index (χ4v) is 6.28. The Morgan fingerprint density at radius 2 is 1.65 bits per heavy atom. The number of aliphatic hydroxyl groups excluding tert-OH is 1. The molecule has 5 heterocycles. The summed E-state index contributed by atoms with van der Waals surface area (Å²) in [6.07, 6.45) is 1.47. The Labute approximate surface area is 175 Å². The molecule has 3 atom stereocenters. The molecule has 6 aromatic rings. The predicted octanol–water partition coefficient (Wildman–Crippen LogP) is 5.06. The van der Waals surface area contributed by atoms with Crippen LogP contribution in [-0.2, 0) is 10.5 Å². The Morgan fingerprint density at radius 3 is 2.45 bits per heavy atom. The van der Waals surface area contributed by atoms with Crippen molar-refractivity contribution in [3.05, 3.63) is 54.7 Å². The quantitative estimate of drug-likeness (QED) is 0.328. The van der Waals surface area contributed by atoms with Crippen LogP contribution in [0.25, 0.3) is 54.4 Å². The Morgan fingerprint density at radius 1 is 0.935 bits per heavy atom. The third-order valence-corrected chi connectivity index (χ3v) is 7.54. The fraction of sp³-hybridized carbons (Fsp3) is 0.200. The van der Waals surface area contributed by atoms with Crippen molar-refractivity contribution in [1.29, 1.82) is 0 Å². The highest BCUT2D eigenvalue weighted by Gasteiger charge is 2.51. The number of aromatic nitrogens is 3. The summed E-state index contributed by atoms with van der Waals surface area (Å²) in [7, 11) is 0. The number of ether oxygens (including phenoxy) is 1. The summed E-state index contributed by atoms with van der Waals surface area (Å²) >= 11 is 0. The number of aliphatic hydroxyl groups is 1. The van der Waals surface area contributed by atoms with E-state index >= 15 is 0 Å². The maximum atomic E-state index is 11.2. The molecule has 152 valence electrons. The zero-order chi connectivity index (χ0) is 20.6. The highest BCUT2D eigenvalue weighted by Crippen LogP contribution is 2.55. The van der Waals surface area contributed by atoms with Crippen molar-refractivity contribution in [2.45, 2.75) is 31.4 Å². The summed E-state index contributed by atoms with van der Waals surface area (Å²) in [5, 5.41) is 28.2. The number of hydrogen-bond acceptors (Lipinski definition) is 3. The number of aromatic amines is 1. The third kappa shape index (κ3) is 1.58. The molecule has 0 amide bonds. The van der Waals surface area contributed by atoms with Crippen LogP contribution in [0.1, 0.15) is 19.6 Å². The predicted molar refractivity (Wildman–Crippen MR) is 120 cm³/mol. The van der Waals surface area contributed by atoms with Crippen molar-refractivity contribution in [1.82, 2.24) is 14.1 Å². The normalized spacial score (nSPS) is 25.1. The van der Waals surface area contributed by atoms with Gasteiger partial charge in [-0.25, -0.2) is 0 Å². The first-order chi connectivity index (χ1) is 15.1. The minimum Gasteiger partial charge on any atom is -0.494 e. The SMILES string of the molecule is C[C@]12OC(C[C@@H]1O)n1c3ccccc3c3c4c(O)[nH]cc4c4c5ccccc5n2c4c31. The fourth-order valence-electron chi connectivity index (χ4n) is 6.28. The Kier molecular flexibility index (Phi) is 2.55. The van der Waals surface area contributed by atoms with Crippen molar-refractivity contribution in [2.24, 2.45) is 0 Å². The largest absolute Gasteiger partial charge is 0.494 e. The molecule has 3 N–H and O–H groups in total. The molecular weight excluding hydrogens is 390 g/mol. The van der Waals surface area contributed by atoms with Crippen LogP contribution in [0.4, 0.5) is 0 Å². The topological polar surface area (TPSA) is 75.3 Å². The van der Waals surface area contributed by atoms with Crippen LogP contribution in [-0.4, -0.2) is 30.4 Å². The van der Waals surface area contributed by atoms with Gasteiger partial charge in [-0.1, -0.05) is 36.4 Å². The molecule has 8 rings (SSSR count). The Hall–Kier alpha value is -3.48. The van der Waals surface area contributed by atoms with Gasteiger partial charge in [0, 0.05) is 39.5 Å². The molecule has 31 heavy (non-hydrogen) atoms. The number of rotatable bonds is 0. The zero-order valence-electron chi connectivity index (χ0n) is 16.8. The van der Waals surface area contributed by atoms with E-state index in [1.54, 1.807) is 0 Å². The highest BCUT2D eigenvalue weighted by molar-refractivity contribution is 6.36. The third-order valence-electron chi connectivity index (χ3n) is 7.54. The Bertz CT molecular complexity index is 1750. The number of aromatic hydroxyl groups is 1. The van der Waals surface area contributed by atoms with Crippen molar-refractivity contribution in [3.8, 4) is 5.88 Å². The molecule has 1 saturated heterocycles. The van der Waals surface area contributed by atoms with Gasteiger partial charge in [-0.3, -0.25) is 0 Å². The van der Waals surface area contributed by atoms with Crippen LogP contribution in [0, 0.1) is 0 Å². The molecule has 2 aliphatic heterocycles. The van der Waals surface area contributed by atoms with Crippen LogP contribution >= 0.6 is 0 Å². The van der Waals surface area contributed by atoms with Gasteiger partial charge in [0.25, 0.3) is 0 Å². The molecule has 1 fully saturated rings. The van der Waals surface area contributed by atoms with Gasteiger partial charge in [0.15, 0.2) is 11.6 Å². The molecule has 1 unspecified atom stereocenters. The molecule has 0 radical (unpaired) electrons. The molecular formula is C25H19N3O3. The summed E-state index contributed by atoms with van der Waals surface area (Å²) in [6.45, 7) is 1.99. The maximum Gasteiger partial charge on any atom is 0.197 e. The van der Waals surface area contributed by atoms with Gasteiger partial charge in [0.05, 0.1) is 27.5 Å². The van der Waals surface area contributed by atoms with Crippen LogP contribution in [0.3, 0.4) is 0 Å². The van der Waals surface area contributed by atoms with Crippen LogP contribution in [0.15, 0.2) is 54.7 Å². The molecule has 2 aliphatic rings. The second kappa shape index (κ2) is 4.88. The van der Waals surface area contributed by atoms with Crippen molar-refractivity contribution >= 4 is 54.4 Å². The average Bonchev–Trinajstić information content (AvgIpc) is 3.46. The molecule has 6 nitrogen and oxygen atoms in total. The number of hydrogen-bond donors (Lipinski definition) is 3. The number of para-hydroxylation sites is 2. The zero-order valence-corrected chi connectivity index (χ0v) is 16.8. The Balaban J connectivity index is 1.85. The van der Waals surface area contributed by atoms with E-state index in [1.165, 1.54) is 0 Å². The van der Waals surface area contributed by atoms with E-state index in [1.807, 2.05) is 37.4 Å². The minimum absolute atomic E-state index is 0.179. The maximum absolute atomic E-state index is 11.2. The minimum atomic E-state index is -0.884. The summed E-state index contributed by atoms with van der Waals surface area (Å²) in [5.41, 5.74) is 3.28. The highest BCUT2D eigenvalue weighted by atomic mass is 16.6. The number of fused-ring (bicyclic) bond motifs is 13. The van der Waals surface area contributed by atoms with Gasteiger partial charge >= 0.3 is 0 Å². The van der Waals surface area contributed by atoms with Gasteiger partial charge in [-0.05, 0) is 19.1 Å². The van der Waals surface area contributed by atoms with Gasteiger partial charge in [-0.2, -0.15) is 0 Å². The van der Waals surface area contributed by atoms with E-state index in [0.717, 1.165) is 54.4 Å². The van der Waals surface area contributed by atoms with E-state index in [9.17, 15) is 10.2 Å². The number of H-pyrrole nitrogens is 1. The summed E-state index contributed by atoms with van der Waals surface area (Å²) in [6, 6.07) is 16.5. The van der Waals surface area contributed by atoms with Crippen LogP contribution < -0.4 is 0 Å². The van der Waals surface area contributed by atoms with E-state index in [-0.39, 0.29) is 12.1 Å². The monoisotopic (exact) mass is 409 g/mol. The molecule has 6 heteroatoms. The van der Waals surface area contributed by atoms with Gasteiger partial charge in [-0.15, -0.1) is 0 Å². The second-order valence-corrected chi connectivity index (χ2v) is 8.99. The number of nitrogens with one attached hydrogen (secondary N) is 1. The van der Waals surface area contributed by atoms with E-state index < -0.39 is 11.8 Å². The lowest BCUT2D eigenvalue weighted by Gasteiger charge is -2.30. The number of benzene rings is 3. The first-order valence-corrected chi connectivity index (χ1v) is 10.6. The van der Waals surface area contributed by atoms with Crippen LogP contribution in [0.5, 0.6) is 5.88 Å². The molecule has 3 aromatic heterocycles.